The number of carbonyl (C=O) groups excluding carboxylic acids is 2. The van der Waals surface area contributed by atoms with Gasteiger partial charge >= 0.3 is 0 Å². The molecule has 0 bridgehead atoms. The standard InChI is InChI=1S/C14H22ClNO2/c1-10(17)12(7-5-4-6-8-15)16-13(18)11-9-14(11,2)3/h7,11H,4-6,8-9H2,1-3H3,(H,16,18)/b12-7+/t11-/m1/s1. The van der Waals surface area contributed by atoms with Crippen LogP contribution in [0.3, 0.4) is 0 Å². The summed E-state index contributed by atoms with van der Waals surface area (Å²) >= 11 is 5.59. The number of hydrogen-bond donors (Lipinski definition) is 1. The first-order valence-electron chi connectivity index (χ1n) is 6.46. The summed E-state index contributed by atoms with van der Waals surface area (Å²) in [5, 5.41) is 2.75. The van der Waals surface area contributed by atoms with Gasteiger partial charge in [0, 0.05) is 18.7 Å². The largest absolute Gasteiger partial charge is 0.323 e. The predicted molar refractivity (Wildman–Crippen MR) is 73.4 cm³/mol. The maximum absolute atomic E-state index is 11.9. The number of hydrogen-bond acceptors (Lipinski definition) is 2. The molecule has 0 aromatic rings. The lowest BCUT2D eigenvalue weighted by Crippen LogP contribution is -2.29. The Labute approximate surface area is 114 Å². The molecule has 0 aromatic carbocycles. The number of alkyl halides is 1. The van der Waals surface area contributed by atoms with Gasteiger partial charge in [-0.05, 0) is 31.1 Å². The van der Waals surface area contributed by atoms with Crippen LogP contribution in [0, 0.1) is 11.3 Å². The molecular weight excluding hydrogens is 250 g/mol. The second-order valence-corrected chi connectivity index (χ2v) is 5.97. The minimum atomic E-state index is -0.0901. The summed E-state index contributed by atoms with van der Waals surface area (Å²) in [4.78, 5) is 23.3. The summed E-state index contributed by atoms with van der Waals surface area (Å²) in [6, 6.07) is 0. The minimum absolute atomic E-state index is 0.0289. The van der Waals surface area contributed by atoms with E-state index in [0.717, 1.165) is 25.7 Å². The normalized spacial score (nSPS) is 21.6. The molecule has 1 N–H and O–H groups in total. The van der Waals surface area contributed by atoms with E-state index in [-0.39, 0.29) is 23.0 Å². The smallest absolute Gasteiger partial charge is 0.228 e. The van der Waals surface area contributed by atoms with Crippen molar-refractivity contribution in [3.63, 3.8) is 0 Å². The molecule has 1 rings (SSSR count). The Morgan fingerprint density at radius 1 is 1.39 bits per heavy atom. The average Bonchev–Trinajstić information content (AvgIpc) is 2.92. The molecule has 1 saturated carbocycles. The zero-order valence-corrected chi connectivity index (χ0v) is 12.1. The summed E-state index contributed by atoms with van der Waals surface area (Å²) < 4.78 is 0. The number of halogens is 1. The van der Waals surface area contributed by atoms with Crippen molar-refractivity contribution in [2.45, 2.75) is 46.5 Å². The van der Waals surface area contributed by atoms with Crippen LogP contribution in [-0.4, -0.2) is 17.6 Å². The lowest BCUT2D eigenvalue weighted by atomic mass is 10.1. The molecule has 1 aliphatic rings. The Hall–Kier alpha value is -0.830. The molecule has 0 aromatic heterocycles. The van der Waals surface area contributed by atoms with Crippen LogP contribution < -0.4 is 5.32 Å². The van der Waals surface area contributed by atoms with Crippen LogP contribution in [0.1, 0.15) is 46.5 Å². The van der Waals surface area contributed by atoms with Gasteiger partial charge in [0.25, 0.3) is 0 Å². The Morgan fingerprint density at radius 2 is 2.00 bits per heavy atom. The molecular formula is C14H22ClNO2. The van der Waals surface area contributed by atoms with E-state index in [9.17, 15) is 9.59 Å². The van der Waals surface area contributed by atoms with Gasteiger partial charge in [0.1, 0.15) is 0 Å². The van der Waals surface area contributed by atoms with Crippen molar-refractivity contribution >= 4 is 23.3 Å². The molecule has 1 fully saturated rings. The maximum atomic E-state index is 11.9. The molecule has 1 atom stereocenters. The minimum Gasteiger partial charge on any atom is -0.323 e. The van der Waals surface area contributed by atoms with E-state index in [1.54, 1.807) is 0 Å². The Balaban J connectivity index is 2.48. The zero-order chi connectivity index (χ0) is 13.8. The van der Waals surface area contributed by atoms with E-state index in [1.165, 1.54) is 6.92 Å². The van der Waals surface area contributed by atoms with Gasteiger partial charge < -0.3 is 5.32 Å². The van der Waals surface area contributed by atoms with Gasteiger partial charge in [0.2, 0.25) is 5.91 Å². The number of amides is 1. The molecule has 4 heteroatoms. The molecule has 0 unspecified atom stereocenters. The van der Waals surface area contributed by atoms with E-state index in [0.29, 0.717) is 11.6 Å². The molecule has 18 heavy (non-hydrogen) atoms. The monoisotopic (exact) mass is 271 g/mol. The first kappa shape index (κ1) is 15.2. The molecule has 102 valence electrons. The lowest BCUT2D eigenvalue weighted by molar-refractivity contribution is -0.124. The number of carbonyl (C=O) groups is 2. The summed E-state index contributed by atoms with van der Waals surface area (Å²) in [5.41, 5.74) is 0.516. The van der Waals surface area contributed by atoms with Crippen molar-refractivity contribution in [1.82, 2.24) is 5.32 Å². The number of unbranched alkanes of at least 4 members (excludes halogenated alkanes) is 2. The highest BCUT2D eigenvalue weighted by Crippen LogP contribution is 2.51. The van der Waals surface area contributed by atoms with Crippen LogP contribution in [0.4, 0.5) is 0 Å². The van der Waals surface area contributed by atoms with Gasteiger partial charge in [-0.2, -0.15) is 0 Å². The molecule has 1 amide bonds. The van der Waals surface area contributed by atoms with Crippen LogP contribution in [0.25, 0.3) is 0 Å². The van der Waals surface area contributed by atoms with E-state index >= 15 is 0 Å². The number of nitrogens with one attached hydrogen (secondary N) is 1. The zero-order valence-electron chi connectivity index (χ0n) is 11.4. The summed E-state index contributed by atoms with van der Waals surface area (Å²) in [6.45, 7) is 5.61. The Morgan fingerprint density at radius 3 is 2.44 bits per heavy atom. The summed E-state index contributed by atoms with van der Waals surface area (Å²) in [5.74, 6) is 0.556. The molecule has 0 heterocycles. The quantitative estimate of drug-likeness (QED) is 0.439. The highest BCUT2D eigenvalue weighted by Gasteiger charge is 2.50. The first-order valence-corrected chi connectivity index (χ1v) is 7.00. The third-order valence-corrected chi connectivity index (χ3v) is 3.67. The third-order valence-electron chi connectivity index (χ3n) is 3.40. The molecule has 0 aliphatic heterocycles. The maximum Gasteiger partial charge on any atom is 0.228 e. The van der Waals surface area contributed by atoms with Crippen molar-refractivity contribution in [3.05, 3.63) is 11.8 Å². The van der Waals surface area contributed by atoms with Crippen molar-refractivity contribution in [3.8, 4) is 0 Å². The molecule has 0 spiro atoms. The fourth-order valence-corrected chi connectivity index (χ4v) is 2.09. The van der Waals surface area contributed by atoms with E-state index in [4.69, 9.17) is 11.6 Å². The number of rotatable bonds is 7. The molecule has 0 radical (unpaired) electrons. The second-order valence-electron chi connectivity index (χ2n) is 5.59. The predicted octanol–water partition coefficient (Wildman–Crippen LogP) is 3.03. The van der Waals surface area contributed by atoms with E-state index in [1.807, 2.05) is 6.08 Å². The van der Waals surface area contributed by atoms with Crippen LogP contribution in [0.2, 0.25) is 0 Å². The molecule has 1 aliphatic carbocycles. The number of ketones is 1. The van der Waals surface area contributed by atoms with Gasteiger partial charge in [-0.15, -0.1) is 11.6 Å². The fraction of sp³-hybridized carbons (Fsp3) is 0.714. The molecule has 0 saturated heterocycles. The summed E-state index contributed by atoms with van der Waals surface area (Å²) in [7, 11) is 0. The van der Waals surface area contributed by atoms with Gasteiger partial charge in [-0.3, -0.25) is 9.59 Å². The van der Waals surface area contributed by atoms with Crippen LogP contribution in [0.15, 0.2) is 11.8 Å². The van der Waals surface area contributed by atoms with Gasteiger partial charge in [0.05, 0.1) is 5.70 Å². The topological polar surface area (TPSA) is 46.2 Å². The Kier molecular flexibility index (Phi) is 5.39. The number of allylic oxidation sites excluding steroid dienone is 2. The Bertz CT molecular complexity index is 361. The van der Waals surface area contributed by atoms with Crippen LogP contribution in [0.5, 0.6) is 0 Å². The van der Waals surface area contributed by atoms with Crippen LogP contribution >= 0.6 is 11.6 Å². The van der Waals surface area contributed by atoms with Gasteiger partial charge in [0.15, 0.2) is 5.78 Å². The van der Waals surface area contributed by atoms with E-state index < -0.39 is 0 Å². The third kappa shape index (κ3) is 4.45. The van der Waals surface area contributed by atoms with Crippen molar-refractivity contribution in [1.29, 1.82) is 0 Å². The lowest BCUT2D eigenvalue weighted by Gasteiger charge is -2.08. The highest BCUT2D eigenvalue weighted by molar-refractivity contribution is 6.17. The van der Waals surface area contributed by atoms with E-state index in [2.05, 4.69) is 19.2 Å². The fourth-order valence-electron chi connectivity index (χ4n) is 1.90. The van der Waals surface area contributed by atoms with Crippen molar-refractivity contribution in [2.75, 3.05) is 5.88 Å². The highest BCUT2D eigenvalue weighted by atomic mass is 35.5. The average molecular weight is 272 g/mol. The van der Waals surface area contributed by atoms with Gasteiger partial charge in [-0.25, -0.2) is 0 Å². The van der Waals surface area contributed by atoms with Crippen molar-refractivity contribution < 1.29 is 9.59 Å². The number of Topliss-reactive ketones (excluding diaryl/α,β-unsaturated/α-hetero) is 1. The van der Waals surface area contributed by atoms with Gasteiger partial charge in [-0.1, -0.05) is 19.9 Å². The SMILES string of the molecule is CC(=O)/C(=C\CCCCCl)NC(=O)[C@H]1CC1(C)C. The first-order chi connectivity index (χ1) is 8.38. The summed E-state index contributed by atoms with van der Waals surface area (Å²) in [6.07, 6.45) is 5.34. The molecule has 3 nitrogen and oxygen atoms in total. The van der Waals surface area contributed by atoms with Crippen LogP contribution in [-0.2, 0) is 9.59 Å². The van der Waals surface area contributed by atoms with Crippen molar-refractivity contribution in [2.24, 2.45) is 11.3 Å². The second kappa shape index (κ2) is 6.37.